The first-order valence-corrected chi connectivity index (χ1v) is 8.70. The van der Waals surface area contributed by atoms with Gasteiger partial charge in [-0.1, -0.05) is 6.07 Å². The summed E-state index contributed by atoms with van der Waals surface area (Å²) in [6.45, 7) is 7.91. The molecular formula is C17H21N5S. The Morgan fingerprint density at radius 2 is 2.13 bits per heavy atom. The van der Waals surface area contributed by atoms with Crippen molar-refractivity contribution in [2.24, 2.45) is 0 Å². The molecule has 3 heterocycles. The molecule has 0 amide bonds. The summed E-state index contributed by atoms with van der Waals surface area (Å²) in [7, 11) is 0. The smallest absolute Gasteiger partial charge is 0.223 e. The molecule has 3 rings (SSSR count). The monoisotopic (exact) mass is 327 g/mol. The van der Waals surface area contributed by atoms with Crippen molar-refractivity contribution in [1.82, 2.24) is 19.7 Å². The van der Waals surface area contributed by atoms with Crippen LogP contribution in [0.1, 0.15) is 23.2 Å². The van der Waals surface area contributed by atoms with Gasteiger partial charge in [0.25, 0.3) is 0 Å². The van der Waals surface area contributed by atoms with E-state index in [2.05, 4.69) is 51.7 Å². The van der Waals surface area contributed by atoms with Gasteiger partial charge in [0.2, 0.25) is 5.95 Å². The lowest BCUT2D eigenvalue weighted by Crippen LogP contribution is -2.07. The van der Waals surface area contributed by atoms with Gasteiger partial charge in [0.15, 0.2) is 0 Å². The molecule has 0 saturated heterocycles. The number of hydrogen-bond acceptors (Lipinski definition) is 5. The van der Waals surface area contributed by atoms with Crippen LogP contribution >= 0.6 is 11.3 Å². The quantitative estimate of drug-likeness (QED) is 0.750. The highest BCUT2D eigenvalue weighted by atomic mass is 32.1. The number of hydrogen-bond donors (Lipinski definition) is 1. The molecule has 23 heavy (non-hydrogen) atoms. The molecule has 6 heteroatoms. The molecule has 0 bridgehead atoms. The van der Waals surface area contributed by atoms with Crippen molar-refractivity contribution < 1.29 is 0 Å². The molecule has 3 aromatic heterocycles. The highest BCUT2D eigenvalue weighted by Gasteiger charge is 2.14. The standard InChI is InChI=1S/C17H21N5S/c1-4-22-13(3)16(12(2)21-22)15-8-10-19-17(20-15)18-9-7-14-6-5-11-23-14/h5-6,8,10-11H,4,7,9H2,1-3H3,(H,18,19,20). The van der Waals surface area contributed by atoms with E-state index in [-0.39, 0.29) is 0 Å². The molecule has 0 aliphatic heterocycles. The number of thiophene rings is 1. The second-order valence-electron chi connectivity index (χ2n) is 5.38. The van der Waals surface area contributed by atoms with Crippen LogP contribution in [0.2, 0.25) is 0 Å². The van der Waals surface area contributed by atoms with Crippen molar-refractivity contribution in [3.8, 4) is 11.3 Å². The highest BCUT2D eigenvalue weighted by molar-refractivity contribution is 7.09. The summed E-state index contributed by atoms with van der Waals surface area (Å²) in [5.41, 5.74) is 4.18. The van der Waals surface area contributed by atoms with Gasteiger partial charge in [-0.05, 0) is 44.7 Å². The summed E-state index contributed by atoms with van der Waals surface area (Å²) >= 11 is 1.78. The molecule has 120 valence electrons. The lowest BCUT2D eigenvalue weighted by atomic mass is 10.1. The van der Waals surface area contributed by atoms with Crippen molar-refractivity contribution in [3.05, 3.63) is 46.0 Å². The van der Waals surface area contributed by atoms with Crippen molar-refractivity contribution in [1.29, 1.82) is 0 Å². The largest absolute Gasteiger partial charge is 0.354 e. The predicted molar refractivity (Wildman–Crippen MR) is 94.9 cm³/mol. The van der Waals surface area contributed by atoms with E-state index in [1.807, 2.05) is 17.7 Å². The van der Waals surface area contributed by atoms with Gasteiger partial charge in [0.05, 0.1) is 11.4 Å². The van der Waals surface area contributed by atoms with Crippen molar-refractivity contribution in [3.63, 3.8) is 0 Å². The third-order valence-electron chi connectivity index (χ3n) is 3.83. The van der Waals surface area contributed by atoms with E-state index >= 15 is 0 Å². The van der Waals surface area contributed by atoms with Crippen molar-refractivity contribution >= 4 is 17.3 Å². The molecule has 0 aromatic carbocycles. The maximum Gasteiger partial charge on any atom is 0.223 e. The zero-order valence-corrected chi connectivity index (χ0v) is 14.5. The average molecular weight is 327 g/mol. The third kappa shape index (κ3) is 3.42. The molecule has 3 aromatic rings. The van der Waals surface area contributed by atoms with E-state index in [9.17, 15) is 0 Å². The van der Waals surface area contributed by atoms with Crippen LogP contribution in [0.25, 0.3) is 11.3 Å². The number of nitrogens with zero attached hydrogens (tertiary/aromatic N) is 4. The molecule has 0 aliphatic carbocycles. The fraction of sp³-hybridized carbons (Fsp3) is 0.353. The fourth-order valence-electron chi connectivity index (χ4n) is 2.71. The maximum atomic E-state index is 4.66. The lowest BCUT2D eigenvalue weighted by Gasteiger charge is -2.07. The SMILES string of the molecule is CCn1nc(C)c(-c2ccnc(NCCc3cccs3)n2)c1C. The lowest BCUT2D eigenvalue weighted by molar-refractivity contribution is 0.634. The van der Waals surface area contributed by atoms with Gasteiger partial charge in [0, 0.05) is 35.4 Å². The van der Waals surface area contributed by atoms with E-state index in [1.165, 1.54) is 4.88 Å². The maximum absolute atomic E-state index is 4.66. The summed E-state index contributed by atoms with van der Waals surface area (Å²) in [6.07, 6.45) is 2.79. The molecule has 5 nitrogen and oxygen atoms in total. The summed E-state index contributed by atoms with van der Waals surface area (Å²) in [5, 5.41) is 9.98. The van der Waals surface area contributed by atoms with Crippen molar-refractivity contribution in [2.45, 2.75) is 33.7 Å². The van der Waals surface area contributed by atoms with Crippen LogP contribution in [-0.2, 0) is 13.0 Å². The minimum Gasteiger partial charge on any atom is -0.354 e. The Morgan fingerprint density at radius 1 is 1.26 bits per heavy atom. The van der Waals surface area contributed by atoms with Crippen LogP contribution in [-0.4, -0.2) is 26.3 Å². The molecule has 0 spiro atoms. The molecule has 0 fully saturated rings. The van der Waals surface area contributed by atoms with Gasteiger partial charge >= 0.3 is 0 Å². The average Bonchev–Trinajstić information content (AvgIpc) is 3.15. The van der Waals surface area contributed by atoms with Crippen LogP contribution in [0.15, 0.2) is 29.8 Å². The number of nitrogens with one attached hydrogen (secondary N) is 1. The van der Waals surface area contributed by atoms with Gasteiger partial charge in [0.1, 0.15) is 0 Å². The van der Waals surface area contributed by atoms with Crippen LogP contribution < -0.4 is 5.32 Å². The fourth-order valence-corrected chi connectivity index (χ4v) is 3.42. The van der Waals surface area contributed by atoms with Gasteiger partial charge in [-0.3, -0.25) is 4.68 Å². The van der Waals surface area contributed by atoms with E-state index in [1.54, 1.807) is 17.5 Å². The Bertz CT molecular complexity index is 776. The summed E-state index contributed by atoms with van der Waals surface area (Å²) in [5.74, 6) is 0.669. The van der Waals surface area contributed by atoms with Crippen LogP contribution in [0.4, 0.5) is 5.95 Å². The number of aryl methyl sites for hydroxylation is 2. The highest BCUT2D eigenvalue weighted by Crippen LogP contribution is 2.25. The second-order valence-corrected chi connectivity index (χ2v) is 6.42. The van der Waals surface area contributed by atoms with Crippen LogP contribution in [0.5, 0.6) is 0 Å². The molecule has 0 aliphatic rings. The molecular weight excluding hydrogens is 306 g/mol. The summed E-state index contributed by atoms with van der Waals surface area (Å²) in [6, 6.07) is 6.17. The van der Waals surface area contributed by atoms with E-state index < -0.39 is 0 Å². The van der Waals surface area contributed by atoms with Gasteiger partial charge in [-0.25, -0.2) is 9.97 Å². The first kappa shape index (κ1) is 15.7. The van der Waals surface area contributed by atoms with E-state index in [4.69, 9.17) is 0 Å². The predicted octanol–water partition coefficient (Wildman–Crippen LogP) is 3.69. The van der Waals surface area contributed by atoms with Crippen LogP contribution in [0, 0.1) is 13.8 Å². The zero-order chi connectivity index (χ0) is 16.2. The normalized spacial score (nSPS) is 10.9. The third-order valence-corrected chi connectivity index (χ3v) is 4.76. The Labute approximate surface area is 140 Å². The van der Waals surface area contributed by atoms with Gasteiger partial charge < -0.3 is 5.32 Å². The minimum absolute atomic E-state index is 0.669. The molecule has 0 radical (unpaired) electrons. The molecule has 0 unspecified atom stereocenters. The second kappa shape index (κ2) is 6.91. The minimum atomic E-state index is 0.669. The first-order chi connectivity index (χ1) is 11.2. The molecule has 1 N–H and O–H groups in total. The topological polar surface area (TPSA) is 55.6 Å². The molecule has 0 saturated carbocycles. The summed E-state index contributed by atoms with van der Waals surface area (Å²) < 4.78 is 2.01. The molecule has 0 atom stereocenters. The Balaban J connectivity index is 1.76. The van der Waals surface area contributed by atoms with Gasteiger partial charge in [-0.2, -0.15) is 5.10 Å². The Morgan fingerprint density at radius 3 is 2.83 bits per heavy atom. The first-order valence-electron chi connectivity index (χ1n) is 7.82. The van der Waals surface area contributed by atoms with Crippen LogP contribution in [0.3, 0.4) is 0 Å². The van der Waals surface area contributed by atoms with E-state index in [0.29, 0.717) is 5.95 Å². The Hall–Kier alpha value is -2.21. The number of rotatable bonds is 6. The van der Waals surface area contributed by atoms with Crippen molar-refractivity contribution in [2.75, 3.05) is 11.9 Å². The number of aromatic nitrogens is 4. The van der Waals surface area contributed by atoms with E-state index in [0.717, 1.165) is 42.2 Å². The number of anilines is 1. The summed E-state index contributed by atoms with van der Waals surface area (Å²) in [4.78, 5) is 10.3. The van der Waals surface area contributed by atoms with Gasteiger partial charge in [-0.15, -0.1) is 11.3 Å². The zero-order valence-electron chi connectivity index (χ0n) is 13.7. The Kier molecular flexibility index (Phi) is 4.71.